The van der Waals surface area contributed by atoms with Crippen molar-refractivity contribution in [2.24, 2.45) is 17.8 Å². The summed E-state index contributed by atoms with van der Waals surface area (Å²) in [5.74, 6) is 0.914. The zero-order valence-corrected chi connectivity index (χ0v) is 8.99. The van der Waals surface area contributed by atoms with E-state index in [1.54, 1.807) is 6.92 Å². The van der Waals surface area contributed by atoms with Gasteiger partial charge in [0.2, 0.25) is 0 Å². The van der Waals surface area contributed by atoms with Crippen LogP contribution >= 0.6 is 0 Å². The lowest BCUT2D eigenvalue weighted by Crippen LogP contribution is -2.14. The van der Waals surface area contributed by atoms with Crippen LogP contribution in [-0.2, 0) is 19.1 Å². The summed E-state index contributed by atoms with van der Waals surface area (Å²) < 4.78 is 10.4. The Morgan fingerprint density at radius 1 is 1.44 bits per heavy atom. The van der Waals surface area contributed by atoms with Gasteiger partial charge in [-0.3, -0.25) is 4.79 Å². The van der Waals surface area contributed by atoms with Gasteiger partial charge in [-0.25, -0.2) is 4.79 Å². The molecule has 2 aliphatic carbocycles. The van der Waals surface area contributed by atoms with Crippen molar-refractivity contribution in [2.45, 2.75) is 19.8 Å². The van der Waals surface area contributed by atoms with Gasteiger partial charge in [-0.1, -0.05) is 6.58 Å². The van der Waals surface area contributed by atoms with Gasteiger partial charge in [-0.2, -0.15) is 0 Å². The average Bonchev–Trinajstić information content (AvgIpc) is 2.81. The van der Waals surface area contributed by atoms with Crippen LogP contribution in [0.1, 0.15) is 19.8 Å². The first kappa shape index (κ1) is 9.63. The van der Waals surface area contributed by atoms with Crippen LogP contribution in [0.5, 0.6) is 0 Å². The predicted molar refractivity (Wildman–Crippen MR) is 53.7 cm³/mol. The highest BCUT2D eigenvalue weighted by molar-refractivity contribution is 5.88. The van der Waals surface area contributed by atoms with Crippen LogP contribution in [0, 0.1) is 17.8 Å². The number of carbonyl (C=O) groups is 2. The predicted octanol–water partition coefficient (Wildman–Crippen LogP) is 1.53. The van der Waals surface area contributed by atoms with Gasteiger partial charge in [-0.05, 0) is 19.8 Å². The SMILES string of the molecule is C=C(C)C(=O)OC1=C2OC(=O)C3CC1CC23. The van der Waals surface area contributed by atoms with E-state index in [4.69, 9.17) is 9.47 Å². The molecule has 1 heterocycles. The van der Waals surface area contributed by atoms with E-state index in [1.807, 2.05) is 0 Å². The fourth-order valence-electron chi connectivity index (χ4n) is 2.82. The summed E-state index contributed by atoms with van der Waals surface area (Å²) >= 11 is 0. The third kappa shape index (κ3) is 1.10. The Labute approximate surface area is 92.9 Å². The highest BCUT2D eigenvalue weighted by atomic mass is 16.6. The van der Waals surface area contributed by atoms with E-state index in [0.717, 1.165) is 12.8 Å². The summed E-state index contributed by atoms with van der Waals surface area (Å²) in [5, 5.41) is 0. The van der Waals surface area contributed by atoms with E-state index < -0.39 is 5.97 Å². The van der Waals surface area contributed by atoms with Gasteiger partial charge in [0.25, 0.3) is 0 Å². The molecular weight excluding hydrogens is 208 g/mol. The van der Waals surface area contributed by atoms with Crippen LogP contribution in [0.15, 0.2) is 23.7 Å². The molecular formula is C12H12O4. The monoisotopic (exact) mass is 220 g/mol. The van der Waals surface area contributed by atoms with Crippen molar-refractivity contribution >= 4 is 11.9 Å². The molecule has 1 aliphatic heterocycles. The zero-order valence-electron chi connectivity index (χ0n) is 8.99. The molecule has 0 aromatic heterocycles. The minimum absolute atomic E-state index is 0.00674. The maximum Gasteiger partial charge on any atom is 0.338 e. The number of ether oxygens (including phenoxy) is 2. The van der Waals surface area contributed by atoms with Gasteiger partial charge >= 0.3 is 11.9 Å². The molecule has 0 spiro atoms. The van der Waals surface area contributed by atoms with Crippen molar-refractivity contribution < 1.29 is 19.1 Å². The van der Waals surface area contributed by atoms with Gasteiger partial charge in [0, 0.05) is 17.4 Å². The zero-order chi connectivity index (χ0) is 11.4. The molecule has 4 heteroatoms. The van der Waals surface area contributed by atoms with Crippen LogP contribution in [0.3, 0.4) is 0 Å². The smallest absolute Gasteiger partial charge is 0.338 e. The fourth-order valence-corrected chi connectivity index (χ4v) is 2.82. The largest absolute Gasteiger partial charge is 0.427 e. The number of hydrogen-bond donors (Lipinski definition) is 0. The highest BCUT2D eigenvalue weighted by Crippen LogP contribution is 2.56. The maximum atomic E-state index is 11.4. The topological polar surface area (TPSA) is 52.6 Å². The molecule has 3 aliphatic rings. The molecule has 2 bridgehead atoms. The van der Waals surface area contributed by atoms with Crippen molar-refractivity contribution in [1.82, 2.24) is 0 Å². The molecule has 2 fully saturated rings. The standard InChI is InChI=1S/C12H12O4/c1-5(2)11(13)15-9-6-3-7-8(4-6)12(14)16-10(7)9/h6-8H,1,3-4H2,2H3. The summed E-state index contributed by atoms with van der Waals surface area (Å²) in [6, 6.07) is 0. The lowest BCUT2D eigenvalue weighted by Gasteiger charge is -2.14. The van der Waals surface area contributed by atoms with E-state index in [0.29, 0.717) is 17.1 Å². The number of rotatable bonds is 2. The minimum Gasteiger partial charge on any atom is -0.427 e. The Hall–Kier alpha value is -1.58. The van der Waals surface area contributed by atoms with Gasteiger partial charge in [0.05, 0.1) is 5.92 Å². The van der Waals surface area contributed by atoms with Crippen molar-refractivity contribution in [3.8, 4) is 0 Å². The molecule has 0 radical (unpaired) electrons. The third-order valence-electron chi connectivity index (χ3n) is 3.58. The maximum absolute atomic E-state index is 11.4. The number of allylic oxidation sites excluding steroid dienone is 2. The van der Waals surface area contributed by atoms with Gasteiger partial charge in [-0.15, -0.1) is 0 Å². The quantitative estimate of drug-likeness (QED) is 0.523. The van der Waals surface area contributed by atoms with E-state index >= 15 is 0 Å². The third-order valence-corrected chi connectivity index (χ3v) is 3.58. The summed E-state index contributed by atoms with van der Waals surface area (Å²) in [6.45, 7) is 5.13. The first-order chi connectivity index (χ1) is 7.58. The molecule has 0 aromatic rings. The summed E-state index contributed by atoms with van der Waals surface area (Å²) in [6.07, 6.45) is 1.64. The van der Waals surface area contributed by atoms with E-state index in [-0.39, 0.29) is 23.7 Å². The van der Waals surface area contributed by atoms with Crippen LogP contribution in [0.25, 0.3) is 0 Å². The lowest BCUT2D eigenvalue weighted by molar-refractivity contribution is -0.140. The van der Waals surface area contributed by atoms with Crippen molar-refractivity contribution in [2.75, 3.05) is 0 Å². The molecule has 3 atom stereocenters. The lowest BCUT2D eigenvalue weighted by atomic mass is 9.94. The van der Waals surface area contributed by atoms with E-state index in [9.17, 15) is 9.59 Å². The number of esters is 2. The van der Waals surface area contributed by atoms with Gasteiger partial charge < -0.3 is 9.47 Å². The molecule has 1 saturated heterocycles. The molecule has 16 heavy (non-hydrogen) atoms. The second kappa shape index (κ2) is 2.97. The number of carbonyl (C=O) groups excluding carboxylic acids is 2. The first-order valence-corrected chi connectivity index (χ1v) is 5.41. The Kier molecular flexibility index (Phi) is 1.79. The van der Waals surface area contributed by atoms with Crippen LogP contribution in [0.2, 0.25) is 0 Å². The molecule has 3 unspecified atom stereocenters. The van der Waals surface area contributed by atoms with Crippen molar-refractivity contribution in [1.29, 1.82) is 0 Å². The summed E-state index contributed by atoms with van der Waals surface area (Å²) in [7, 11) is 0. The number of fused-ring (bicyclic) bond motifs is 1. The second-order valence-electron chi connectivity index (χ2n) is 4.70. The van der Waals surface area contributed by atoms with Crippen LogP contribution in [-0.4, -0.2) is 11.9 Å². The van der Waals surface area contributed by atoms with Gasteiger partial charge in [0.1, 0.15) is 5.76 Å². The van der Waals surface area contributed by atoms with Crippen molar-refractivity contribution in [3.05, 3.63) is 23.7 Å². The Morgan fingerprint density at radius 2 is 2.12 bits per heavy atom. The molecule has 0 amide bonds. The van der Waals surface area contributed by atoms with Crippen LogP contribution < -0.4 is 0 Å². The van der Waals surface area contributed by atoms with Crippen LogP contribution in [0.4, 0.5) is 0 Å². The summed E-state index contributed by atoms with van der Waals surface area (Å²) in [4.78, 5) is 22.9. The number of hydrogen-bond acceptors (Lipinski definition) is 4. The first-order valence-electron chi connectivity index (χ1n) is 5.41. The van der Waals surface area contributed by atoms with E-state index in [2.05, 4.69) is 6.58 Å². The molecule has 0 aromatic carbocycles. The Bertz CT molecular complexity index is 446. The molecule has 84 valence electrons. The minimum atomic E-state index is -0.436. The average molecular weight is 220 g/mol. The summed E-state index contributed by atoms with van der Waals surface area (Å²) in [5.41, 5.74) is 0.358. The van der Waals surface area contributed by atoms with E-state index in [1.165, 1.54) is 0 Å². The highest BCUT2D eigenvalue weighted by Gasteiger charge is 2.57. The molecule has 0 N–H and O–H groups in total. The second-order valence-corrected chi connectivity index (χ2v) is 4.70. The van der Waals surface area contributed by atoms with Gasteiger partial charge in [0.15, 0.2) is 5.76 Å². The molecule has 4 nitrogen and oxygen atoms in total. The normalized spacial score (nSPS) is 34.3. The van der Waals surface area contributed by atoms with Crippen molar-refractivity contribution in [3.63, 3.8) is 0 Å². The Morgan fingerprint density at radius 3 is 2.81 bits per heavy atom. The fraction of sp³-hybridized carbons (Fsp3) is 0.500. The molecule has 3 rings (SSSR count). The Balaban J connectivity index is 1.89. The molecule has 1 saturated carbocycles.